The number of aromatic hydroxyl groups is 4. The molecular formula is C33H30O5. The number of ketones is 1. The number of rotatable bonds is 8. The Morgan fingerprint density at radius 2 is 0.921 bits per heavy atom. The maximum Gasteiger partial charge on any atom is 0.200 e. The zero-order valence-corrected chi connectivity index (χ0v) is 21.3. The molecule has 4 N–H and O–H groups in total. The Hall–Kier alpha value is -4.77. The molecule has 0 radical (unpaired) electrons. The number of phenols is 4. The van der Waals surface area contributed by atoms with Crippen LogP contribution in [0, 0.1) is 0 Å². The molecule has 0 aliphatic carbocycles. The second kappa shape index (κ2) is 11.5. The molecule has 4 rings (SSSR count). The van der Waals surface area contributed by atoms with Crippen LogP contribution in [-0.2, 0) is 12.8 Å². The maximum atomic E-state index is 13.4. The largest absolute Gasteiger partial charge is 0.507 e. The van der Waals surface area contributed by atoms with Gasteiger partial charge in [-0.2, -0.15) is 0 Å². The molecule has 4 aromatic carbocycles. The number of hydrogen-bond donors (Lipinski definition) is 4. The summed E-state index contributed by atoms with van der Waals surface area (Å²) in [6.07, 6.45) is 8.38. The van der Waals surface area contributed by atoms with Crippen molar-refractivity contribution in [1.82, 2.24) is 0 Å². The summed E-state index contributed by atoms with van der Waals surface area (Å²) in [5.41, 5.74) is 4.12. The van der Waals surface area contributed by atoms with E-state index in [0.29, 0.717) is 0 Å². The molecule has 0 aromatic heterocycles. The number of phenolic OH excluding ortho intramolecular Hbond substituents is 4. The Morgan fingerprint density at radius 1 is 0.553 bits per heavy atom. The van der Waals surface area contributed by atoms with Crippen LogP contribution in [0.1, 0.15) is 63.1 Å². The summed E-state index contributed by atoms with van der Waals surface area (Å²) in [7, 11) is 0. The van der Waals surface area contributed by atoms with Crippen LogP contribution in [-0.4, -0.2) is 26.2 Å². The fraction of sp³-hybridized carbons (Fsp3) is 0.121. The molecule has 5 heteroatoms. The van der Waals surface area contributed by atoms with E-state index in [9.17, 15) is 25.2 Å². The van der Waals surface area contributed by atoms with Crippen molar-refractivity contribution in [3.8, 4) is 23.0 Å². The first-order chi connectivity index (χ1) is 18.3. The van der Waals surface area contributed by atoms with E-state index in [2.05, 4.69) is 13.8 Å². The minimum absolute atomic E-state index is 0.0873. The van der Waals surface area contributed by atoms with Gasteiger partial charge in [0, 0.05) is 0 Å². The number of hydrogen-bond acceptors (Lipinski definition) is 5. The van der Waals surface area contributed by atoms with Gasteiger partial charge in [0.15, 0.2) is 0 Å². The van der Waals surface area contributed by atoms with Crippen molar-refractivity contribution in [1.29, 1.82) is 0 Å². The van der Waals surface area contributed by atoms with Gasteiger partial charge in [-0.05, 0) is 71.5 Å². The first-order valence-electron chi connectivity index (χ1n) is 12.5. The minimum atomic E-state index is -0.649. The van der Waals surface area contributed by atoms with E-state index in [1.54, 1.807) is 12.2 Å². The molecule has 0 unspecified atom stereocenters. The summed E-state index contributed by atoms with van der Waals surface area (Å²) in [5, 5.41) is 42.5. The third-order valence-electron chi connectivity index (χ3n) is 6.54. The molecule has 0 heterocycles. The van der Waals surface area contributed by atoms with Crippen LogP contribution in [0.15, 0.2) is 72.8 Å². The molecule has 5 nitrogen and oxygen atoms in total. The first kappa shape index (κ1) is 26.3. The maximum absolute atomic E-state index is 13.4. The Kier molecular flexibility index (Phi) is 7.97. The van der Waals surface area contributed by atoms with Crippen molar-refractivity contribution in [2.75, 3.05) is 0 Å². The summed E-state index contributed by atoms with van der Waals surface area (Å²) in [4.78, 5) is 13.4. The number of carbonyl (C=O) groups excluding carboxylic acids is 1. The molecule has 0 spiro atoms. The van der Waals surface area contributed by atoms with Gasteiger partial charge in [-0.1, -0.05) is 74.5 Å². The first-order valence-corrected chi connectivity index (χ1v) is 12.5. The third-order valence-corrected chi connectivity index (χ3v) is 6.54. The van der Waals surface area contributed by atoms with Crippen LogP contribution in [0.5, 0.6) is 23.0 Å². The third kappa shape index (κ3) is 5.62. The van der Waals surface area contributed by atoms with Gasteiger partial charge in [-0.25, -0.2) is 0 Å². The lowest BCUT2D eigenvalue weighted by molar-refractivity contribution is 0.103. The van der Waals surface area contributed by atoms with Gasteiger partial charge in [0.2, 0.25) is 5.78 Å². The highest BCUT2D eigenvalue weighted by Crippen LogP contribution is 2.38. The van der Waals surface area contributed by atoms with Crippen molar-refractivity contribution in [2.24, 2.45) is 0 Å². The molecule has 0 bridgehead atoms. The molecule has 192 valence electrons. The number of carbonyl (C=O) groups is 1. The Balaban J connectivity index is 1.66. The molecule has 38 heavy (non-hydrogen) atoms. The molecular weight excluding hydrogens is 476 g/mol. The molecule has 0 saturated heterocycles. The van der Waals surface area contributed by atoms with E-state index < -0.39 is 17.3 Å². The Bertz CT molecular complexity index is 1400. The van der Waals surface area contributed by atoms with Crippen LogP contribution in [0.4, 0.5) is 0 Å². The van der Waals surface area contributed by atoms with E-state index in [0.717, 1.165) is 24.0 Å². The van der Waals surface area contributed by atoms with Crippen LogP contribution in [0.3, 0.4) is 0 Å². The van der Waals surface area contributed by atoms with Crippen molar-refractivity contribution in [3.63, 3.8) is 0 Å². The number of aryl methyl sites for hydroxylation is 2. The van der Waals surface area contributed by atoms with Crippen LogP contribution < -0.4 is 0 Å². The number of benzene rings is 4. The summed E-state index contributed by atoms with van der Waals surface area (Å²) in [6, 6.07) is 21.0. The lowest BCUT2D eigenvalue weighted by atomic mass is 9.96. The normalized spacial score (nSPS) is 11.4. The van der Waals surface area contributed by atoms with Crippen molar-refractivity contribution < 1.29 is 25.2 Å². The highest BCUT2D eigenvalue weighted by atomic mass is 16.3. The van der Waals surface area contributed by atoms with E-state index in [1.807, 2.05) is 48.5 Å². The summed E-state index contributed by atoms with van der Waals surface area (Å²) in [6.45, 7) is 4.14. The zero-order chi connectivity index (χ0) is 27.2. The van der Waals surface area contributed by atoms with Gasteiger partial charge < -0.3 is 20.4 Å². The topological polar surface area (TPSA) is 98.0 Å². The molecule has 0 aliphatic heterocycles. The van der Waals surface area contributed by atoms with Crippen molar-refractivity contribution in [3.05, 3.63) is 117 Å². The molecule has 0 amide bonds. The van der Waals surface area contributed by atoms with Gasteiger partial charge in [0.05, 0.1) is 22.3 Å². The predicted octanol–water partition coefficient (Wildman–Crippen LogP) is 7.21. The lowest BCUT2D eigenvalue weighted by Gasteiger charge is -2.12. The lowest BCUT2D eigenvalue weighted by Crippen LogP contribution is -2.04. The van der Waals surface area contributed by atoms with Crippen LogP contribution in [0.25, 0.3) is 24.3 Å². The standard InChI is InChI=1S/C33H30O5/c1-3-21-5-9-23(10-6-21)13-15-25-29(34)19-17-27(31(25)36)33(38)28-18-20-30(35)26(32(28)37)16-14-24-11-7-22(4-2)8-12-24/h5-20,34-37H,3-4H2,1-2H3. The van der Waals surface area contributed by atoms with E-state index in [-0.39, 0.29) is 33.8 Å². The average Bonchev–Trinajstić information content (AvgIpc) is 2.93. The average molecular weight is 507 g/mol. The van der Waals surface area contributed by atoms with Gasteiger partial charge in [0.25, 0.3) is 0 Å². The molecule has 0 fully saturated rings. The summed E-state index contributed by atoms with van der Waals surface area (Å²) < 4.78 is 0. The minimum Gasteiger partial charge on any atom is -0.507 e. The van der Waals surface area contributed by atoms with E-state index in [1.165, 1.54) is 47.5 Å². The molecule has 0 saturated carbocycles. The van der Waals surface area contributed by atoms with Gasteiger partial charge in [-0.3, -0.25) is 4.79 Å². The molecule has 0 aliphatic rings. The van der Waals surface area contributed by atoms with Gasteiger partial charge >= 0.3 is 0 Å². The SMILES string of the molecule is CCc1ccc(C=Cc2c(O)ccc(C(=O)c3ccc(O)c(C=Cc4ccc(CC)cc4)c3O)c2O)cc1. The Labute approximate surface area is 222 Å². The van der Waals surface area contributed by atoms with Gasteiger partial charge in [-0.15, -0.1) is 0 Å². The molecule has 0 atom stereocenters. The fourth-order valence-corrected chi connectivity index (χ4v) is 4.12. The summed E-state index contributed by atoms with van der Waals surface area (Å²) in [5.74, 6) is -1.83. The second-order valence-corrected chi connectivity index (χ2v) is 8.98. The van der Waals surface area contributed by atoms with E-state index >= 15 is 0 Å². The quantitative estimate of drug-likeness (QED) is 0.150. The highest BCUT2D eigenvalue weighted by Gasteiger charge is 2.22. The zero-order valence-electron chi connectivity index (χ0n) is 21.3. The van der Waals surface area contributed by atoms with E-state index in [4.69, 9.17) is 0 Å². The van der Waals surface area contributed by atoms with Crippen LogP contribution in [0.2, 0.25) is 0 Å². The monoisotopic (exact) mass is 506 g/mol. The van der Waals surface area contributed by atoms with Crippen molar-refractivity contribution >= 4 is 30.1 Å². The Morgan fingerprint density at radius 3 is 1.26 bits per heavy atom. The summed E-state index contributed by atoms with van der Waals surface area (Å²) >= 11 is 0. The van der Waals surface area contributed by atoms with Crippen molar-refractivity contribution in [2.45, 2.75) is 26.7 Å². The highest BCUT2D eigenvalue weighted by molar-refractivity contribution is 6.13. The molecule has 4 aromatic rings. The second-order valence-electron chi connectivity index (χ2n) is 8.98. The predicted molar refractivity (Wildman–Crippen MR) is 152 cm³/mol. The fourth-order valence-electron chi connectivity index (χ4n) is 4.12. The van der Waals surface area contributed by atoms with Crippen LogP contribution >= 0.6 is 0 Å². The smallest absolute Gasteiger partial charge is 0.200 e. The van der Waals surface area contributed by atoms with Gasteiger partial charge in [0.1, 0.15) is 23.0 Å².